The number of ether oxygens (including phenoxy) is 1. The van der Waals surface area contributed by atoms with Gasteiger partial charge in [-0.05, 0) is 69.1 Å². The molecule has 0 unspecified atom stereocenters. The predicted octanol–water partition coefficient (Wildman–Crippen LogP) is 6.61. The maximum absolute atomic E-state index is 5.48. The van der Waals surface area contributed by atoms with Crippen molar-refractivity contribution < 1.29 is 4.74 Å². The van der Waals surface area contributed by atoms with Crippen LogP contribution in [0.1, 0.15) is 97.3 Å². The summed E-state index contributed by atoms with van der Waals surface area (Å²) >= 11 is 0. The lowest BCUT2D eigenvalue weighted by Gasteiger charge is -2.38. The zero-order valence-electron chi connectivity index (χ0n) is 15.3. The van der Waals surface area contributed by atoms with Gasteiger partial charge in [0.05, 0.1) is 0 Å². The highest BCUT2D eigenvalue weighted by Crippen LogP contribution is 2.42. The van der Waals surface area contributed by atoms with Crippen molar-refractivity contribution in [2.75, 3.05) is 13.2 Å². The summed E-state index contributed by atoms with van der Waals surface area (Å²) in [6, 6.07) is 0. The van der Waals surface area contributed by atoms with Crippen LogP contribution < -0.4 is 0 Å². The topological polar surface area (TPSA) is 9.23 Å². The van der Waals surface area contributed by atoms with Crippen LogP contribution in [0.15, 0.2) is 0 Å². The molecule has 0 aromatic carbocycles. The molecule has 2 fully saturated rings. The number of hydrogen-bond donors (Lipinski definition) is 0. The van der Waals surface area contributed by atoms with Crippen LogP contribution in [-0.4, -0.2) is 13.2 Å². The Morgan fingerprint density at radius 1 is 0.682 bits per heavy atom. The average Bonchev–Trinajstić information content (AvgIpc) is 2.58. The van der Waals surface area contributed by atoms with Gasteiger partial charge in [0.2, 0.25) is 0 Å². The first-order chi connectivity index (χ1) is 10.8. The lowest BCUT2D eigenvalue weighted by molar-refractivity contribution is 0.121. The third-order valence-electron chi connectivity index (χ3n) is 6.52. The summed E-state index contributed by atoms with van der Waals surface area (Å²) in [7, 11) is 0. The standard InChI is InChI=1S/C21H40O/c1-3-5-7-18-9-13-20(14-10-18)21-15-11-19(12-16-21)8-6-17-22-4-2/h18-21H,3-17H2,1-2H3. The van der Waals surface area contributed by atoms with Gasteiger partial charge in [-0.25, -0.2) is 0 Å². The summed E-state index contributed by atoms with van der Waals surface area (Å²) in [5.74, 6) is 4.25. The molecule has 0 saturated heterocycles. The summed E-state index contributed by atoms with van der Waals surface area (Å²) in [6.45, 7) is 6.30. The molecule has 0 aliphatic heterocycles. The monoisotopic (exact) mass is 308 g/mol. The van der Waals surface area contributed by atoms with Crippen molar-refractivity contribution in [2.24, 2.45) is 23.7 Å². The van der Waals surface area contributed by atoms with E-state index in [4.69, 9.17) is 4.74 Å². The van der Waals surface area contributed by atoms with Gasteiger partial charge in [0.1, 0.15) is 0 Å². The molecule has 1 nitrogen and oxygen atoms in total. The van der Waals surface area contributed by atoms with E-state index in [9.17, 15) is 0 Å². The second-order valence-electron chi connectivity index (χ2n) is 8.04. The van der Waals surface area contributed by atoms with E-state index in [1.807, 2.05) is 0 Å². The average molecular weight is 309 g/mol. The number of unbranched alkanes of at least 4 members (excludes halogenated alkanes) is 1. The van der Waals surface area contributed by atoms with Gasteiger partial charge >= 0.3 is 0 Å². The molecule has 0 aromatic heterocycles. The summed E-state index contributed by atoms with van der Waals surface area (Å²) in [4.78, 5) is 0. The molecule has 0 spiro atoms. The molecule has 0 bridgehead atoms. The van der Waals surface area contributed by atoms with Crippen LogP contribution in [0.3, 0.4) is 0 Å². The van der Waals surface area contributed by atoms with Gasteiger partial charge in [0.25, 0.3) is 0 Å². The Balaban J connectivity index is 1.57. The highest BCUT2D eigenvalue weighted by atomic mass is 16.5. The maximum atomic E-state index is 5.48. The SMILES string of the molecule is CCCCC1CCC(C2CCC(CCCOCC)CC2)CC1. The van der Waals surface area contributed by atoms with Crippen molar-refractivity contribution in [1.82, 2.24) is 0 Å². The van der Waals surface area contributed by atoms with E-state index in [2.05, 4.69) is 13.8 Å². The molecular weight excluding hydrogens is 268 g/mol. The van der Waals surface area contributed by atoms with Gasteiger partial charge in [0, 0.05) is 13.2 Å². The third-order valence-corrected chi connectivity index (χ3v) is 6.52. The highest BCUT2D eigenvalue weighted by molar-refractivity contribution is 4.82. The highest BCUT2D eigenvalue weighted by Gasteiger charge is 2.30. The molecule has 0 N–H and O–H groups in total. The van der Waals surface area contributed by atoms with Crippen LogP contribution in [0, 0.1) is 23.7 Å². The van der Waals surface area contributed by atoms with Crippen LogP contribution in [0.4, 0.5) is 0 Å². The summed E-state index contributed by atoms with van der Waals surface area (Å²) in [5.41, 5.74) is 0. The molecule has 0 aromatic rings. The fourth-order valence-electron chi connectivity index (χ4n) is 5.01. The lowest BCUT2D eigenvalue weighted by Crippen LogP contribution is -2.26. The number of rotatable bonds is 9. The Hall–Kier alpha value is -0.0400. The van der Waals surface area contributed by atoms with E-state index in [-0.39, 0.29) is 0 Å². The van der Waals surface area contributed by atoms with E-state index in [0.717, 1.165) is 36.9 Å². The minimum Gasteiger partial charge on any atom is -0.382 e. The minimum absolute atomic E-state index is 0.883. The largest absolute Gasteiger partial charge is 0.382 e. The molecule has 0 amide bonds. The fourth-order valence-corrected chi connectivity index (χ4v) is 5.01. The van der Waals surface area contributed by atoms with Crippen molar-refractivity contribution in [1.29, 1.82) is 0 Å². The molecule has 0 heterocycles. The van der Waals surface area contributed by atoms with E-state index in [1.165, 1.54) is 57.8 Å². The quantitative estimate of drug-likeness (QED) is 0.436. The van der Waals surface area contributed by atoms with Crippen LogP contribution in [0.5, 0.6) is 0 Å². The van der Waals surface area contributed by atoms with Crippen molar-refractivity contribution in [3.63, 3.8) is 0 Å². The van der Waals surface area contributed by atoms with Gasteiger partial charge in [-0.1, -0.05) is 51.9 Å². The van der Waals surface area contributed by atoms with Crippen molar-refractivity contribution in [2.45, 2.75) is 97.3 Å². The molecule has 2 saturated carbocycles. The van der Waals surface area contributed by atoms with Gasteiger partial charge in [-0.2, -0.15) is 0 Å². The molecule has 0 atom stereocenters. The van der Waals surface area contributed by atoms with E-state index < -0.39 is 0 Å². The van der Waals surface area contributed by atoms with Crippen LogP contribution >= 0.6 is 0 Å². The smallest absolute Gasteiger partial charge is 0.0465 e. The summed E-state index contributed by atoms with van der Waals surface area (Å²) < 4.78 is 5.48. The van der Waals surface area contributed by atoms with Gasteiger partial charge in [-0.3, -0.25) is 0 Å². The van der Waals surface area contributed by atoms with E-state index >= 15 is 0 Å². The molecule has 1 heteroatoms. The molecule has 2 rings (SSSR count). The summed E-state index contributed by atoms with van der Waals surface area (Å²) in [6.07, 6.45) is 19.3. The van der Waals surface area contributed by atoms with Crippen molar-refractivity contribution in [3.8, 4) is 0 Å². The minimum atomic E-state index is 0.883. The zero-order valence-corrected chi connectivity index (χ0v) is 15.3. The first kappa shape index (κ1) is 18.3. The molecule has 22 heavy (non-hydrogen) atoms. The van der Waals surface area contributed by atoms with E-state index in [1.54, 1.807) is 25.7 Å². The first-order valence-corrected chi connectivity index (χ1v) is 10.4. The zero-order chi connectivity index (χ0) is 15.6. The summed E-state index contributed by atoms with van der Waals surface area (Å²) in [5, 5.41) is 0. The molecule has 130 valence electrons. The van der Waals surface area contributed by atoms with Crippen molar-refractivity contribution >= 4 is 0 Å². The van der Waals surface area contributed by atoms with Gasteiger partial charge in [-0.15, -0.1) is 0 Å². The molecule has 2 aliphatic carbocycles. The fraction of sp³-hybridized carbons (Fsp3) is 1.00. The Morgan fingerprint density at radius 3 is 1.64 bits per heavy atom. The normalized spacial score (nSPS) is 33.0. The van der Waals surface area contributed by atoms with Crippen LogP contribution in [-0.2, 0) is 4.74 Å². The lowest BCUT2D eigenvalue weighted by atomic mass is 9.68. The molecule has 0 radical (unpaired) electrons. The second kappa shape index (κ2) is 10.7. The van der Waals surface area contributed by atoms with Crippen LogP contribution in [0.2, 0.25) is 0 Å². The maximum Gasteiger partial charge on any atom is 0.0465 e. The Morgan fingerprint density at radius 2 is 1.18 bits per heavy atom. The van der Waals surface area contributed by atoms with Crippen LogP contribution in [0.25, 0.3) is 0 Å². The van der Waals surface area contributed by atoms with Gasteiger partial charge < -0.3 is 4.74 Å². The molecule has 2 aliphatic rings. The molecular formula is C21H40O. The first-order valence-electron chi connectivity index (χ1n) is 10.4. The Labute approximate surface area is 139 Å². The number of hydrogen-bond acceptors (Lipinski definition) is 1. The Bertz CT molecular complexity index is 259. The predicted molar refractivity (Wildman–Crippen MR) is 96.1 cm³/mol. The van der Waals surface area contributed by atoms with Crippen molar-refractivity contribution in [3.05, 3.63) is 0 Å². The van der Waals surface area contributed by atoms with E-state index in [0.29, 0.717) is 0 Å². The second-order valence-corrected chi connectivity index (χ2v) is 8.04. The Kier molecular flexibility index (Phi) is 8.89. The third kappa shape index (κ3) is 6.22. The van der Waals surface area contributed by atoms with Gasteiger partial charge in [0.15, 0.2) is 0 Å².